The van der Waals surface area contributed by atoms with Gasteiger partial charge in [0.05, 0.1) is 5.02 Å². The molecule has 0 aliphatic heterocycles. The van der Waals surface area contributed by atoms with Crippen molar-refractivity contribution in [1.82, 2.24) is 5.32 Å². The predicted octanol–water partition coefficient (Wildman–Crippen LogP) is 3.15. The number of phenols is 1. The zero-order valence-electron chi connectivity index (χ0n) is 11.8. The van der Waals surface area contributed by atoms with Gasteiger partial charge in [-0.3, -0.25) is 4.79 Å². The van der Waals surface area contributed by atoms with E-state index in [1.165, 1.54) is 0 Å². The Bertz CT molecular complexity index is 495. The topological polar surface area (TPSA) is 61.4 Å². The maximum Gasteiger partial charge on any atom is 0.249 e. The normalized spacial score (nSPS) is 11.3. The highest BCUT2D eigenvalue weighted by Gasteiger charge is 2.08. The van der Waals surface area contributed by atoms with Gasteiger partial charge in [-0.05, 0) is 37.8 Å². The number of halogens is 1. The Balaban J connectivity index is 2.89. The molecule has 0 saturated heterocycles. The number of phenolic OH excluding ortho intramolecular Hbond substituents is 1. The quantitative estimate of drug-likeness (QED) is 0.557. The van der Waals surface area contributed by atoms with Crippen molar-refractivity contribution in [2.45, 2.75) is 13.8 Å². The van der Waals surface area contributed by atoms with Crippen LogP contribution in [-0.2, 0) is 4.79 Å². The molecule has 0 aromatic heterocycles. The Labute approximate surface area is 128 Å². The van der Waals surface area contributed by atoms with Crippen molar-refractivity contribution in [3.05, 3.63) is 34.5 Å². The third-order valence-electron chi connectivity index (χ3n) is 2.60. The van der Waals surface area contributed by atoms with Gasteiger partial charge in [0.25, 0.3) is 0 Å². The van der Waals surface area contributed by atoms with Crippen LogP contribution in [0.1, 0.15) is 12.5 Å². The Morgan fingerprint density at radius 1 is 1.50 bits per heavy atom. The van der Waals surface area contributed by atoms with Gasteiger partial charge in [0, 0.05) is 29.8 Å². The molecule has 1 aromatic carbocycles. The second kappa shape index (κ2) is 8.07. The van der Waals surface area contributed by atoms with Crippen LogP contribution in [0.25, 0.3) is 0 Å². The number of amides is 1. The van der Waals surface area contributed by atoms with E-state index >= 15 is 0 Å². The van der Waals surface area contributed by atoms with E-state index in [1.807, 2.05) is 13.2 Å². The van der Waals surface area contributed by atoms with E-state index in [-0.39, 0.29) is 16.7 Å². The number of aryl methyl sites for hydroxylation is 1. The number of aromatic hydroxyl groups is 1. The van der Waals surface area contributed by atoms with Gasteiger partial charge in [-0.25, -0.2) is 0 Å². The number of thioether (sulfide) groups is 1. The van der Waals surface area contributed by atoms with Gasteiger partial charge in [-0.2, -0.15) is 11.8 Å². The summed E-state index contributed by atoms with van der Waals surface area (Å²) in [5.74, 6) is 0.606. The second-order valence-electron chi connectivity index (χ2n) is 4.23. The van der Waals surface area contributed by atoms with Crippen molar-refractivity contribution < 1.29 is 9.90 Å². The summed E-state index contributed by atoms with van der Waals surface area (Å²) in [5, 5.41) is 15.7. The molecule has 6 heteroatoms. The van der Waals surface area contributed by atoms with Gasteiger partial charge in [-0.15, -0.1) is 0 Å². The van der Waals surface area contributed by atoms with Gasteiger partial charge in [0.2, 0.25) is 5.91 Å². The molecular formula is C14H19ClN2O2S. The average Bonchev–Trinajstić information content (AvgIpc) is 2.40. The highest BCUT2D eigenvalue weighted by atomic mass is 35.5. The molecule has 110 valence electrons. The summed E-state index contributed by atoms with van der Waals surface area (Å²) in [6, 6.07) is 3.39. The monoisotopic (exact) mass is 314 g/mol. The minimum atomic E-state index is -0.0871. The zero-order valence-corrected chi connectivity index (χ0v) is 13.4. The summed E-state index contributed by atoms with van der Waals surface area (Å²) in [6.45, 7) is 4.24. The number of rotatable bonds is 6. The number of carbonyl (C=O) groups is 1. The molecule has 0 bridgehead atoms. The van der Waals surface area contributed by atoms with E-state index in [0.29, 0.717) is 23.4 Å². The van der Waals surface area contributed by atoms with Crippen LogP contribution in [0.4, 0.5) is 5.69 Å². The van der Waals surface area contributed by atoms with Crippen molar-refractivity contribution in [2.75, 3.05) is 23.9 Å². The Morgan fingerprint density at radius 3 is 2.75 bits per heavy atom. The first-order valence-corrected chi connectivity index (χ1v) is 7.98. The molecule has 1 aromatic rings. The lowest BCUT2D eigenvalue weighted by atomic mass is 10.2. The lowest BCUT2D eigenvalue weighted by molar-refractivity contribution is -0.117. The Kier molecular flexibility index (Phi) is 6.75. The molecule has 0 aliphatic rings. The van der Waals surface area contributed by atoms with E-state index in [9.17, 15) is 9.90 Å². The minimum absolute atomic E-state index is 0.0780. The fourth-order valence-corrected chi connectivity index (χ4v) is 2.38. The first-order chi connectivity index (χ1) is 9.49. The maximum atomic E-state index is 11.8. The van der Waals surface area contributed by atoms with E-state index in [4.69, 9.17) is 11.6 Å². The fraction of sp³-hybridized carbons (Fsp3) is 0.357. The number of carbonyl (C=O) groups excluding carboxylic acids is 1. The molecule has 0 spiro atoms. The zero-order chi connectivity index (χ0) is 15.1. The van der Waals surface area contributed by atoms with Gasteiger partial charge in [0.1, 0.15) is 5.75 Å². The molecule has 1 rings (SSSR count). The lowest BCUT2D eigenvalue weighted by Gasteiger charge is -2.09. The standard InChI is InChI=1S/C14H19ClN2O2S/c1-4-16-14(19)10(8-20-3)7-17-11-5-9(2)13(18)12(15)6-11/h5-7,17-18H,4,8H2,1-3H3,(H,16,19). The van der Waals surface area contributed by atoms with Gasteiger partial charge in [-0.1, -0.05) is 11.6 Å². The summed E-state index contributed by atoms with van der Waals surface area (Å²) in [4.78, 5) is 11.8. The van der Waals surface area contributed by atoms with Gasteiger partial charge < -0.3 is 15.7 Å². The molecule has 0 saturated carbocycles. The van der Waals surface area contributed by atoms with Crippen LogP contribution in [-0.4, -0.2) is 29.6 Å². The van der Waals surface area contributed by atoms with Crippen LogP contribution in [0, 0.1) is 6.92 Å². The largest absolute Gasteiger partial charge is 0.506 e. The molecule has 20 heavy (non-hydrogen) atoms. The number of nitrogens with one attached hydrogen (secondary N) is 2. The number of hydrogen-bond donors (Lipinski definition) is 3. The third-order valence-corrected chi connectivity index (χ3v) is 3.48. The molecule has 0 fully saturated rings. The van der Waals surface area contributed by atoms with Crippen LogP contribution >= 0.6 is 23.4 Å². The highest BCUT2D eigenvalue weighted by molar-refractivity contribution is 7.98. The number of anilines is 1. The molecule has 0 radical (unpaired) electrons. The molecule has 0 aliphatic carbocycles. The van der Waals surface area contributed by atoms with E-state index in [0.717, 1.165) is 5.69 Å². The van der Waals surface area contributed by atoms with Crippen LogP contribution in [0.2, 0.25) is 5.02 Å². The molecule has 0 unspecified atom stereocenters. The second-order valence-corrected chi connectivity index (χ2v) is 5.50. The van der Waals surface area contributed by atoms with Crippen LogP contribution in [0.15, 0.2) is 23.9 Å². The van der Waals surface area contributed by atoms with Crippen molar-refractivity contribution in [1.29, 1.82) is 0 Å². The van der Waals surface area contributed by atoms with E-state index in [2.05, 4.69) is 10.6 Å². The van der Waals surface area contributed by atoms with Crippen molar-refractivity contribution in [3.8, 4) is 5.75 Å². The van der Waals surface area contributed by atoms with E-state index < -0.39 is 0 Å². The molecule has 4 nitrogen and oxygen atoms in total. The third kappa shape index (κ3) is 4.65. The molecular weight excluding hydrogens is 296 g/mol. The van der Waals surface area contributed by atoms with Crippen LogP contribution < -0.4 is 10.6 Å². The number of likely N-dealkylation sites (N-methyl/N-ethyl adjacent to an activating group) is 1. The Morgan fingerprint density at radius 2 is 2.20 bits per heavy atom. The molecule has 0 heterocycles. The lowest BCUT2D eigenvalue weighted by Crippen LogP contribution is -2.26. The van der Waals surface area contributed by atoms with Crippen LogP contribution in [0.5, 0.6) is 5.75 Å². The fourth-order valence-electron chi connectivity index (χ4n) is 1.59. The van der Waals surface area contributed by atoms with Crippen molar-refractivity contribution in [3.63, 3.8) is 0 Å². The molecule has 0 atom stereocenters. The summed E-state index contributed by atoms with van der Waals surface area (Å²) >= 11 is 7.49. The highest BCUT2D eigenvalue weighted by Crippen LogP contribution is 2.30. The number of benzene rings is 1. The summed E-state index contributed by atoms with van der Waals surface area (Å²) in [6.07, 6.45) is 3.61. The molecule has 1 amide bonds. The number of hydrogen-bond acceptors (Lipinski definition) is 4. The van der Waals surface area contributed by atoms with Crippen LogP contribution in [0.3, 0.4) is 0 Å². The van der Waals surface area contributed by atoms with Crippen molar-refractivity contribution in [2.24, 2.45) is 0 Å². The predicted molar refractivity (Wildman–Crippen MR) is 86.6 cm³/mol. The summed E-state index contributed by atoms with van der Waals surface area (Å²) in [5.41, 5.74) is 2.06. The summed E-state index contributed by atoms with van der Waals surface area (Å²) in [7, 11) is 0. The first-order valence-electron chi connectivity index (χ1n) is 6.21. The SMILES string of the molecule is CCNC(=O)C(=CNc1cc(C)c(O)c(Cl)c1)CSC. The minimum Gasteiger partial charge on any atom is -0.506 e. The maximum absolute atomic E-state index is 11.8. The summed E-state index contributed by atoms with van der Waals surface area (Å²) < 4.78 is 0. The van der Waals surface area contributed by atoms with E-state index in [1.54, 1.807) is 37.0 Å². The Hall–Kier alpha value is -1.33. The first kappa shape index (κ1) is 16.7. The van der Waals surface area contributed by atoms with Gasteiger partial charge >= 0.3 is 0 Å². The smallest absolute Gasteiger partial charge is 0.249 e. The van der Waals surface area contributed by atoms with Gasteiger partial charge in [0.15, 0.2) is 0 Å². The molecule has 3 N–H and O–H groups in total. The van der Waals surface area contributed by atoms with Crippen molar-refractivity contribution >= 4 is 35.0 Å². The average molecular weight is 315 g/mol.